The quantitative estimate of drug-likeness (QED) is 0.620. The molecule has 0 saturated carbocycles. The van der Waals surface area contributed by atoms with E-state index in [0.29, 0.717) is 17.3 Å². The largest absolute Gasteiger partial charge is 0.326 e. The third-order valence-corrected chi connectivity index (χ3v) is 4.24. The van der Waals surface area contributed by atoms with Crippen molar-refractivity contribution in [1.29, 1.82) is 0 Å². The van der Waals surface area contributed by atoms with E-state index in [1.165, 1.54) is 0 Å². The zero-order valence-corrected chi connectivity index (χ0v) is 15.4. The predicted octanol–water partition coefficient (Wildman–Crippen LogP) is 4.90. The average molecular weight is 379 g/mol. The Kier molecular flexibility index (Phi) is 6.23. The molecule has 0 fully saturated rings. The molecule has 0 heterocycles. The lowest BCUT2D eigenvalue weighted by molar-refractivity contribution is -0.125. The summed E-state index contributed by atoms with van der Waals surface area (Å²) >= 11 is 5.85. The Hall–Kier alpha value is -3.11. The van der Waals surface area contributed by atoms with Gasteiger partial charge < -0.3 is 10.2 Å². The molecule has 0 aliphatic heterocycles. The first-order valence-corrected chi connectivity index (χ1v) is 8.94. The van der Waals surface area contributed by atoms with Gasteiger partial charge in [-0.25, -0.2) is 0 Å². The zero-order valence-electron chi connectivity index (χ0n) is 14.6. The standard InChI is InChI=1S/C22H19ClN2O2/c23-18-11-13-19(14-12-18)24-21(26)15-22(27)25(20-9-5-2-6-10-20)16-17-7-3-1-4-8-17/h1-14H,15-16H2,(H,24,26). The van der Waals surface area contributed by atoms with Gasteiger partial charge in [-0.15, -0.1) is 0 Å². The Morgan fingerprint density at radius 1 is 0.815 bits per heavy atom. The molecule has 4 nitrogen and oxygen atoms in total. The molecule has 1 N–H and O–H groups in total. The second-order valence-electron chi connectivity index (χ2n) is 6.03. The minimum atomic E-state index is -0.365. The summed E-state index contributed by atoms with van der Waals surface area (Å²) in [7, 11) is 0. The minimum absolute atomic E-state index is 0.246. The Balaban J connectivity index is 1.72. The Morgan fingerprint density at radius 3 is 2.04 bits per heavy atom. The van der Waals surface area contributed by atoms with Crippen LogP contribution in [0, 0.1) is 0 Å². The number of para-hydroxylation sites is 1. The van der Waals surface area contributed by atoms with Crippen molar-refractivity contribution in [1.82, 2.24) is 0 Å². The van der Waals surface area contributed by atoms with Crippen molar-refractivity contribution in [3.05, 3.63) is 95.5 Å². The molecule has 3 aromatic rings. The van der Waals surface area contributed by atoms with E-state index in [1.54, 1.807) is 29.2 Å². The number of benzene rings is 3. The molecular weight excluding hydrogens is 360 g/mol. The van der Waals surface area contributed by atoms with Gasteiger partial charge in [-0.3, -0.25) is 9.59 Å². The highest BCUT2D eigenvalue weighted by Gasteiger charge is 2.19. The molecule has 0 spiro atoms. The fourth-order valence-electron chi connectivity index (χ4n) is 2.67. The van der Waals surface area contributed by atoms with Crippen LogP contribution in [0.1, 0.15) is 12.0 Å². The molecule has 0 unspecified atom stereocenters. The summed E-state index contributed by atoms with van der Waals surface area (Å²) in [5.74, 6) is -0.632. The van der Waals surface area contributed by atoms with E-state index < -0.39 is 0 Å². The highest BCUT2D eigenvalue weighted by molar-refractivity contribution is 6.30. The fraction of sp³-hybridized carbons (Fsp3) is 0.0909. The lowest BCUT2D eigenvalue weighted by Crippen LogP contribution is -2.33. The first-order valence-electron chi connectivity index (χ1n) is 8.56. The summed E-state index contributed by atoms with van der Waals surface area (Å²) in [5.41, 5.74) is 2.35. The molecule has 0 aromatic heterocycles. The normalized spacial score (nSPS) is 10.3. The molecule has 0 bridgehead atoms. The molecule has 27 heavy (non-hydrogen) atoms. The van der Waals surface area contributed by atoms with Gasteiger partial charge in [-0.2, -0.15) is 0 Å². The minimum Gasteiger partial charge on any atom is -0.326 e. The summed E-state index contributed by atoms with van der Waals surface area (Å²) in [6.07, 6.45) is -0.246. The van der Waals surface area contributed by atoms with Crippen molar-refractivity contribution < 1.29 is 9.59 Å². The van der Waals surface area contributed by atoms with Gasteiger partial charge >= 0.3 is 0 Å². The van der Waals surface area contributed by atoms with Crippen LogP contribution in [-0.4, -0.2) is 11.8 Å². The molecule has 0 aliphatic carbocycles. The van der Waals surface area contributed by atoms with Crippen molar-refractivity contribution in [2.45, 2.75) is 13.0 Å². The monoisotopic (exact) mass is 378 g/mol. The highest BCUT2D eigenvalue weighted by atomic mass is 35.5. The van der Waals surface area contributed by atoms with Crippen molar-refractivity contribution in [3.8, 4) is 0 Å². The Morgan fingerprint density at radius 2 is 1.41 bits per heavy atom. The molecule has 0 atom stereocenters. The van der Waals surface area contributed by atoms with E-state index in [-0.39, 0.29) is 18.2 Å². The van der Waals surface area contributed by atoms with Gasteiger partial charge in [-0.05, 0) is 42.0 Å². The van der Waals surface area contributed by atoms with Crippen LogP contribution in [0.5, 0.6) is 0 Å². The van der Waals surface area contributed by atoms with Crippen LogP contribution in [0.2, 0.25) is 5.02 Å². The molecule has 3 rings (SSSR count). The number of carbonyl (C=O) groups excluding carboxylic acids is 2. The fourth-order valence-corrected chi connectivity index (χ4v) is 2.79. The number of hydrogen-bond acceptors (Lipinski definition) is 2. The number of hydrogen-bond donors (Lipinski definition) is 1. The second-order valence-corrected chi connectivity index (χ2v) is 6.47. The summed E-state index contributed by atoms with van der Waals surface area (Å²) < 4.78 is 0. The summed E-state index contributed by atoms with van der Waals surface area (Å²) in [6.45, 7) is 0.401. The maximum Gasteiger partial charge on any atom is 0.236 e. The molecule has 0 radical (unpaired) electrons. The summed E-state index contributed by atoms with van der Waals surface area (Å²) in [4.78, 5) is 26.8. The zero-order chi connectivity index (χ0) is 19.1. The number of rotatable bonds is 6. The smallest absolute Gasteiger partial charge is 0.236 e. The maximum absolute atomic E-state index is 12.8. The van der Waals surface area contributed by atoms with E-state index in [2.05, 4.69) is 5.32 Å². The first-order chi connectivity index (χ1) is 13.1. The van der Waals surface area contributed by atoms with E-state index in [9.17, 15) is 9.59 Å². The Labute approximate surface area is 163 Å². The average Bonchev–Trinajstić information content (AvgIpc) is 2.69. The third kappa shape index (κ3) is 5.43. The van der Waals surface area contributed by atoms with Gasteiger partial charge in [0, 0.05) is 16.4 Å². The molecule has 3 aromatic carbocycles. The van der Waals surface area contributed by atoms with Gasteiger partial charge in [0.15, 0.2) is 0 Å². The Bertz CT molecular complexity index is 897. The topological polar surface area (TPSA) is 49.4 Å². The lowest BCUT2D eigenvalue weighted by atomic mass is 10.1. The number of halogens is 1. The number of nitrogens with zero attached hydrogens (tertiary/aromatic N) is 1. The van der Waals surface area contributed by atoms with Gasteiger partial charge in [0.25, 0.3) is 0 Å². The summed E-state index contributed by atoms with van der Waals surface area (Å²) in [5, 5.41) is 3.31. The predicted molar refractivity (Wildman–Crippen MR) is 109 cm³/mol. The molecule has 0 saturated heterocycles. The third-order valence-electron chi connectivity index (χ3n) is 3.99. The van der Waals surface area contributed by atoms with Gasteiger partial charge in [0.05, 0.1) is 6.54 Å². The van der Waals surface area contributed by atoms with Crippen molar-refractivity contribution in [2.24, 2.45) is 0 Å². The second kappa shape index (κ2) is 9.01. The van der Waals surface area contributed by atoms with Crippen LogP contribution in [0.3, 0.4) is 0 Å². The van der Waals surface area contributed by atoms with Crippen LogP contribution in [0.4, 0.5) is 11.4 Å². The highest BCUT2D eigenvalue weighted by Crippen LogP contribution is 2.19. The van der Waals surface area contributed by atoms with Crippen LogP contribution >= 0.6 is 11.6 Å². The first kappa shape index (κ1) is 18.7. The molecular formula is C22H19ClN2O2. The van der Waals surface area contributed by atoms with Crippen LogP contribution < -0.4 is 10.2 Å². The van der Waals surface area contributed by atoms with Crippen LogP contribution in [-0.2, 0) is 16.1 Å². The van der Waals surface area contributed by atoms with Crippen molar-refractivity contribution in [3.63, 3.8) is 0 Å². The SMILES string of the molecule is O=C(CC(=O)N(Cc1ccccc1)c1ccccc1)Nc1ccc(Cl)cc1. The number of carbonyl (C=O) groups is 2. The van der Waals surface area contributed by atoms with Gasteiger partial charge in [-0.1, -0.05) is 60.1 Å². The van der Waals surface area contributed by atoms with Crippen molar-refractivity contribution in [2.75, 3.05) is 10.2 Å². The number of nitrogens with one attached hydrogen (secondary N) is 1. The summed E-state index contributed by atoms with van der Waals surface area (Å²) in [6, 6.07) is 25.8. The molecule has 2 amide bonds. The van der Waals surface area contributed by atoms with E-state index >= 15 is 0 Å². The van der Waals surface area contributed by atoms with E-state index in [1.807, 2.05) is 60.7 Å². The maximum atomic E-state index is 12.8. The van der Waals surface area contributed by atoms with Crippen LogP contribution in [0.15, 0.2) is 84.9 Å². The van der Waals surface area contributed by atoms with E-state index in [0.717, 1.165) is 11.3 Å². The number of amides is 2. The molecule has 0 aliphatic rings. The number of anilines is 2. The van der Waals surface area contributed by atoms with E-state index in [4.69, 9.17) is 11.6 Å². The van der Waals surface area contributed by atoms with Crippen LogP contribution in [0.25, 0.3) is 0 Å². The molecule has 136 valence electrons. The van der Waals surface area contributed by atoms with Gasteiger partial charge in [0.1, 0.15) is 6.42 Å². The van der Waals surface area contributed by atoms with Crippen molar-refractivity contribution >= 4 is 34.8 Å². The molecule has 5 heteroatoms. The van der Waals surface area contributed by atoms with Gasteiger partial charge in [0.2, 0.25) is 11.8 Å². The lowest BCUT2D eigenvalue weighted by Gasteiger charge is -2.23.